The van der Waals surface area contributed by atoms with Crippen LogP contribution in [-0.2, 0) is 6.54 Å². The Hall–Kier alpha value is -1.85. The van der Waals surface area contributed by atoms with Crippen molar-refractivity contribution in [2.45, 2.75) is 20.4 Å². The van der Waals surface area contributed by atoms with Crippen LogP contribution in [-0.4, -0.2) is 19.5 Å². The van der Waals surface area contributed by atoms with Gasteiger partial charge in [-0.25, -0.2) is 9.78 Å². The first-order valence-electron chi connectivity index (χ1n) is 4.75. The van der Waals surface area contributed by atoms with Crippen molar-refractivity contribution in [1.82, 2.24) is 19.5 Å². The Labute approximate surface area is 85.0 Å². The zero-order valence-electron chi connectivity index (χ0n) is 8.57. The van der Waals surface area contributed by atoms with E-state index in [2.05, 4.69) is 15.0 Å². The standard InChI is InChI=1S/C9H12N4O2/c1-5(2)3-13-4-10-7-6(13)8(14)12-9(15)11-7/h4-5H,3H2,1-2H3,(H2,11,12,14,15). The molecule has 0 atom stereocenters. The molecule has 0 aliphatic rings. The first-order chi connectivity index (χ1) is 7.08. The first kappa shape index (κ1) is 9.70. The number of aromatic amines is 2. The molecule has 0 saturated heterocycles. The minimum absolute atomic E-state index is 0.337. The highest BCUT2D eigenvalue weighted by molar-refractivity contribution is 5.68. The first-order valence-corrected chi connectivity index (χ1v) is 4.75. The molecule has 0 bridgehead atoms. The summed E-state index contributed by atoms with van der Waals surface area (Å²) >= 11 is 0. The Morgan fingerprint density at radius 1 is 1.40 bits per heavy atom. The number of fused-ring (bicyclic) bond motifs is 1. The molecule has 0 aromatic carbocycles. The minimum atomic E-state index is -0.526. The van der Waals surface area contributed by atoms with E-state index in [0.29, 0.717) is 23.6 Å². The third kappa shape index (κ3) is 1.70. The van der Waals surface area contributed by atoms with Gasteiger partial charge in [0.1, 0.15) is 0 Å². The van der Waals surface area contributed by atoms with Gasteiger partial charge >= 0.3 is 5.69 Å². The number of hydrogen-bond acceptors (Lipinski definition) is 3. The summed E-state index contributed by atoms with van der Waals surface area (Å²) in [6.07, 6.45) is 1.57. The van der Waals surface area contributed by atoms with Gasteiger partial charge in [-0.1, -0.05) is 13.8 Å². The summed E-state index contributed by atoms with van der Waals surface area (Å²) in [6, 6.07) is 0. The molecular weight excluding hydrogens is 196 g/mol. The van der Waals surface area contributed by atoms with Gasteiger partial charge in [-0.2, -0.15) is 0 Å². The smallest absolute Gasteiger partial charge is 0.324 e. The maximum Gasteiger partial charge on any atom is 0.327 e. The number of imidazole rings is 1. The van der Waals surface area contributed by atoms with Gasteiger partial charge in [-0.15, -0.1) is 0 Å². The maximum absolute atomic E-state index is 11.5. The molecule has 0 fully saturated rings. The second kappa shape index (κ2) is 3.38. The summed E-state index contributed by atoms with van der Waals surface area (Å²) in [5, 5.41) is 0. The van der Waals surface area contributed by atoms with E-state index >= 15 is 0 Å². The Morgan fingerprint density at radius 2 is 2.13 bits per heavy atom. The van der Waals surface area contributed by atoms with E-state index in [0.717, 1.165) is 0 Å². The van der Waals surface area contributed by atoms with Gasteiger partial charge < -0.3 is 4.57 Å². The summed E-state index contributed by atoms with van der Waals surface area (Å²) < 4.78 is 1.74. The number of nitrogens with zero attached hydrogens (tertiary/aromatic N) is 2. The van der Waals surface area contributed by atoms with E-state index in [9.17, 15) is 9.59 Å². The third-order valence-corrected chi connectivity index (χ3v) is 2.07. The largest absolute Gasteiger partial charge is 0.327 e. The molecular formula is C9H12N4O2. The molecule has 0 radical (unpaired) electrons. The molecule has 0 amide bonds. The number of hydrogen-bond donors (Lipinski definition) is 2. The lowest BCUT2D eigenvalue weighted by Gasteiger charge is -2.05. The second-order valence-electron chi connectivity index (χ2n) is 3.90. The predicted octanol–water partition coefficient (Wildman–Crippen LogP) is 0.0689. The lowest BCUT2D eigenvalue weighted by atomic mass is 10.2. The van der Waals surface area contributed by atoms with E-state index in [-0.39, 0.29) is 0 Å². The molecule has 0 aliphatic carbocycles. The molecule has 6 nitrogen and oxygen atoms in total. The summed E-state index contributed by atoms with van der Waals surface area (Å²) in [5.41, 5.74) is -0.165. The van der Waals surface area contributed by atoms with Crippen LogP contribution in [0.4, 0.5) is 0 Å². The van der Waals surface area contributed by atoms with Crippen LogP contribution in [0, 0.1) is 5.92 Å². The van der Waals surface area contributed by atoms with Gasteiger partial charge in [0.25, 0.3) is 5.56 Å². The van der Waals surface area contributed by atoms with Gasteiger partial charge in [0.2, 0.25) is 0 Å². The minimum Gasteiger partial charge on any atom is -0.324 e. The van der Waals surface area contributed by atoms with Crippen LogP contribution in [0.2, 0.25) is 0 Å². The van der Waals surface area contributed by atoms with E-state index in [1.807, 2.05) is 13.8 Å². The Balaban J connectivity index is 2.69. The van der Waals surface area contributed by atoms with Crippen molar-refractivity contribution >= 4 is 11.2 Å². The average molecular weight is 208 g/mol. The van der Waals surface area contributed by atoms with Crippen LogP contribution in [0.5, 0.6) is 0 Å². The van der Waals surface area contributed by atoms with Crippen molar-refractivity contribution in [3.63, 3.8) is 0 Å². The third-order valence-electron chi connectivity index (χ3n) is 2.07. The van der Waals surface area contributed by atoms with Crippen LogP contribution in [0.1, 0.15) is 13.8 Å². The van der Waals surface area contributed by atoms with Gasteiger partial charge in [0.05, 0.1) is 6.33 Å². The molecule has 2 N–H and O–H groups in total. The fourth-order valence-electron chi connectivity index (χ4n) is 1.54. The molecule has 0 aliphatic heterocycles. The van der Waals surface area contributed by atoms with Crippen molar-refractivity contribution in [3.05, 3.63) is 27.2 Å². The topological polar surface area (TPSA) is 83.5 Å². The second-order valence-corrected chi connectivity index (χ2v) is 3.90. The molecule has 15 heavy (non-hydrogen) atoms. The highest BCUT2D eigenvalue weighted by Gasteiger charge is 2.08. The van der Waals surface area contributed by atoms with Gasteiger partial charge in [0.15, 0.2) is 11.2 Å². The highest BCUT2D eigenvalue weighted by Crippen LogP contribution is 2.06. The van der Waals surface area contributed by atoms with Crippen LogP contribution < -0.4 is 11.2 Å². The van der Waals surface area contributed by atoms with Crippen molar-refractivity contribution in [2.75, 3.05) is 0 Å². The molecule has 0 unspecified atom stereocenters. The Kier molecular flexibility index (Phi) is 2.18. The number of H-pyrrole nitrogens is 2. The Morgan fingerprint density at radius 3 is 2.80 bits per heavy atom. The molecule has 2 aromatic rings. The zero-order chi connectivity index (χ0) is 11.0. The van der Waals surface area contributed by atoms with Gasteiger partial charge in [-0.3, -0.25) is 14.8 Å². The van der Waals surface area contributed by atoms with Gasteiger partial charge in [0, 0.05) is 6.54 Å². The van der Waals surface area contributed by atoms with Crippen molar-refractivity contribution in [2.24, 2.45) is 5.92 Å². The molecule has 0 spiro atoms. The summed E-state index contributed by atoms with van der Waals surface area (Å²) in [7, 11) is 0. The predicted molar refractivity (Wildman–Crippen MR) is 55.8 cm³/mol. The van der Waals surface area contributed by atoms with Crippen molar-refractivity contribution in [1.29, 1.82) is 0 Å². The van der Waals surface area contributed by atoms with E-state index in [1.165, 1.54) is 0 Å². The van der Waals surface area contributed by atoms with Gasteiger partial charge in [-0.05, 0) is 5.92 Å². The molecule has 80 valence electrons. The fraction of sp³-hybridized carbons (Fsp3) is 0.444. The average Bonchev–Trinajstić information content (AvgIpc) is 2.46. The molecule has 6 heteroatoms. The summed E-state index contributed by atoms with van der Waals surface area (Å²) in [6.45, 7) is 4.79. The number of rotatable bonds is 2. The van der Waals surface area contributed by atoms with Crippen LogP contribution in [0.25, 0.3) is 11.2 Å². The molecule has 2 heterocycles. The van der Waals surface area contributed by atoms with Crippen molar-refractivity contribution < 1.29 is 0 Å². The summed E-state index contributed by atoms with van der Waals surface area (Å²) in [5.74, 6) is 0.411. The quantitative estimate of drug-likeness (QED) is 0.732. The molecule has 2 rings (SSSR count). The summed E-state index contributed by atoms with van der Waals surface area (Å²) in [4.78, 5) is 31.1. The highest BCUT2D eigenvalue weighted by atomic mass is 16.2. The lowest BCUT2D eigenvalue weighted by Crippen LogP contribution is -2.23. The fourth-order valence-corrected chi connectivity index (χ4v) is 1.54. The number of nitrogens with one attached hydrogen (secondary N) is 2. The van der Waals surface area contributed by atoms with Crippen LogP contribution in [0.3, 0.4) is 0 Å². The molecule has 0 saturated carbocycles. The monoisotopic (exact) mass is 208 g/mol. The van der Waals surface area contributed by atoms with E-state index in [1.54, 1.807) is 10.9 Å². The van der Waals surface area contributed by atoms with Crippen molar-refractivity contribution in [3.8, 4) is 0 Å². The van der Waals surface area contributed by atoms with E-state index in [4.69, 9.17) is 0 Å². The van der Waals surface area contributed by atoms with Crippen LogP contribution >= 0.6 is 0 Å². The maximum atomic E-state index is 11.5. The Bertz CT molecular complexity index is 590. The van der Waals surface area contributed by atoms with E-state index < -0.39 is 11.2 Å². The SMILES string of the molecule is CC(C)Cn1cnc2[nH]c(=O)[nH]c(=O)c21. The van der Waals surface area contributed by atoms with Crippen LogP contribution in [0.15, 0.2) is 15.9 Å². The normalized spacial score (nSPS) is 11.4. The molecule has 2 aromatic heterocycles. The number of aromatic nitrogens is 4. The lowest BCUT2D eigenvalue weighted by molar-refractivity contribution is 0.532. The zero-order valence-corrected chi connectivity index (χ0v) is 8.57.